The van der Waals surface area contributed by atoms with E-state index < -0.39 is 5.97 Å². The highest BCUT2D eigenvalue weighted by atomic mass is 16.4. The van der Waals surface area contributed by atoms with Crippen LogP contribution in [0.3, 0.4) is 0 Å². The lowest BCUT2D eigenvalue weighted by Gasteiger charge is -2.36. The van der Waals surface area contributed by atoms with Gasteiger partial charge in [-0.15, -0.1) is 0 Å². The predicted molar refractivity (Wildman–Crippen MR) is 205 cm³/mol. The van der Waals surface area contributed by atoms with Crippen LogP contribution < -0.4 is 0 Å². The van der Waals surface area contributed by atoms with Crippen molar-refractivity contribution in [1.82, 2.24) is 9.80 Å². The first-order valence-corrected chi connectivity index (χ1v) is 21.4. The lowest BCUT2D eigenvalue weighted by Crippen LogP contribution is -2.40. The summed E-state index contributed by atoms with van der Waals surface area (Å²) in [4.78, 5) is 28.9. The van der Waals surface area contributed by atoms with Crippen LogP contribution in [0.25, 0.3) is 0 Å². The smallest absolute Gasteiger partial charge is 0.303 e. The van der Waals surface area contributed by atoms with Gasteiger partial charge < -0.3 is 20.0 Å². The zero-order valence-corrected chi connectivity index (χ0v) is 32.2. The molecular weight excluding hydrogens is 596 g/mol. The van der Waals surface area contributed by atoms with Gasteiger partial charge in [0.15, 0.2) is 0 Å². The maximum absolute atomic E-state index is 13.3. The van der Waals surface area contributed by atoms with Crippen LogP contribution in [0.1, 0.15) is 219 Å². The number of unbranched alkanes of at least 4 members (excludes halogenated alkanes) is 22. The number of carboxylic acids is 1. The van der Waals surface area contributed by atoms with Gasteiger partial charge in [-0.25, -0.2) is 0 Å². The summed E-state index contributed by atoms with van der Waals surface area (Å²) in [5.74, 6) is -0.285. The van der Waals surface area contributed by atoms with E-state index in [0.29, 0.717) is 18.4 Å². The minimum atomic E-state index is -0.683. The summed E-state index contributed by atoms with van der Waals surface area (Å²) in [6.07, 6.45) is 37.1. The van der Waals surface area contributed by atoms with Crippen molar-refractivity contribution in [2.24, 2.45) is 0 Å². The number of aliphatic hydroxyl groups is 1. The Morgan fingerprint density at radius 3 is 1.25 bits per heavy atom. The molecule has 284 valence electrons. The lowest BCUT2D eigenvalue weighted by molar-refractivity contribution is -0.137. The van der Waals surface area contributed by atoms with Gasteiger partial charge in [-0.1, -0.05) is 142 Å². The van der Waals surface area contributed by atoms with E-state index in [0.717, 1.165) is 103 Å². The molecule has 1 fully saturated rings. The fourth-order valence-electron chi connectivity index (χ4n) is 7.54. The quantitative estimate of drug-likeness (QED) is 0.0652. The van der Waals surface area contributed by atoms with E-state index in [9.17, 15) is 14.7 Å². The molecule has 0 saturated heterocycles. The van der Waals surface area contributed by atoms with Crippen molar-refractivity contribution in [3.05, 3.63) is 0 Å². The monoisotopic (exact) mass is 679 g/mol. The summed E-state index contributed by atoms with van der Waals surface area (Å²) < 4.78 is 0. The molecule has 0 unspecified atom stereocenters. The molecular formula is C42H82N2O4. The van der Waals surface area contributed by atoms with Crippen LogP contribution in [0.5, 0.6) is 0 Å². The predicted octanol–water partition coefficient (Wildman–Crippen LogP) is 11.5. The Morgan fingerprint density at radius 2 is 0.833 bits per heavy atom. The highest BCUT2D eigenvalue weighted by Gasteiger charge is 2.24. The number of hydrogen-bond acceptors (Lipinski definition) is 4. The van der Waals surface area contributed by atoms with Crippen LogP contribution in [0.15, 0.2) is 0 Å². The molecule has 0 aromatic carbocycles. The summed E-state index contributed by atoms with van der Waals surface area (Å²) in [5.41, 5.74) is 0. The summed E-state index contributed by atoms with van der Waals surface area (Å²) >= 11 is 0. The zero-order valence-electron chi connectivity index (χ0n) is 32.2. The van der Waals surface area contributed by atoms with Crippen LogP contribution in [0, 0.1) is 0 Å². The van der Waals surface area contributed by atoms with Gasteiger partial charge in [0, 0.05) is 32.0 Å². The number of aliphatic carboxylic acids is 1. The molecule has 6 heteroatoms. The Balaban J connectivity index is 2.33. The Kier molecular flexibility index (Phi) is 30.9. The summed E-state index contributed by atoms with van der Waals surface area (Å²) in [6.45, 7) is 8.74. The molecule has 1 rings (SSSR count). The van der Waals surface area contributed by atoms with Crippen molar-refractivity contribution >= 4 is 11.9 Å². The lowest BCUT2D eigenvalue weighted by atomic mass is 9.91. The van der Waals surface area contributed by atoms with Crippen molar-refractivity contribution < 1.29 is 19.8 Å². The zero-order chi connectivity index (χ0) is 34.9. The molecule has 1 amide bonds. The number of carbonyl (C=O) groups excluding carboxylic acids is 1. The van der Waals surface area contributed by atoms with Gasteiger partial charge in [-0.05, 0) is 77.3 Å². The van der Waals surface area contributed by atoms with Crippen LogP contribution in [0.4, 0.5) is 0 Å². The average molecular weight is 679 g/mol. The number of rotatable bonds is 35. The van der Waals surface area contributed by atoms with E-state index in [1.165, 1.54) is 122 Å². The summed E-state index contributed by atoms with van der Waals surface area (Å²) in [5, 5.41) is 18.9. The number of nitrogens with zero attached hydrogens (tertiary/aromatic N) is 2. The maximum Gasteiger partial charge on any atom is 0.303 e. The van der Waals surface area contributed by atoms with Crippen LogP contribution >= 0.6 is 0 Å². The largest absolute Gasteiger partial charge is 0.481 e. The van der Waals surface area contributed by atoms with Crippen molar-refractivity contribution in [3.63, 3.8) is 0 Å². The maximum atomic E-state index is 13.3. The van der Waals surface area contributed by atoms with Gasteiger partial charge >= 0.3 is 5.97 Å². The topological polar surface area (TPSA) is 81.1 Å². The van der Waals surface area contributed by atoms with Crippen molar-refractivity contribution in [2.45, 2.75) is 231 Å². The summed E-state index contributed by atoms with van der Waals surface area (Å²) in [6, 6.07) is 0.603. The Morgan fingerprint density at radius 1 is 0.479 bits per heavy atom. The molecule has 2 N–H and O–H groups in total. The van der Waals surface area contributed by atoms with Crippen molar-refractivity contribution in [2.75, 3.05) is 26.2 Å². The van der Waals surface area contributed by atoms with Gasteiger partial charge in [0.1, 0.15) is 0 Å². The van der Waals surface area contributed by atoms with Crippen LogP contribution in [0.2, 0.25) is 0 Å². The number of aliphatic hydroxyl groups excluding tert-OH is 1. The standard InChI is InChI=1S/C42H82N2O4/c1-3-5-7-9-11-13-19-27-37-44(38-28-20-14-12-10-8-6-4-2)41(46)29-23-17-15-21-25-35-43(39-31-33-40(45)34-32-39)36-26-22-16-18-24-30-42(47)48/h39-40,45H,3-38H2,1-2H3,(H,47,48). The van der Waals surface area contributed by atoms with Crippen LogP contribution in [-0.4, -0.2) is 70.2 Å². The molecule has 0 bridgehead atoms. The first-order valence-electron chi connectivity index (χ1n) is 21.4. The third kappa shape index (κ3) is 26.7. The van der Waals surface area contributed by atoms with E-state index in [4.69, 9.17) is 5.11 Å². The number of carbonyl (C=O) groups is 2. The second-order valence-corrected chi connectivity index (χ2v) is 15.3. The Labute approximate surface area is 298 Å². The molecule has 0 heterocycles. The second kappa shape index (κ2) is 33.0. The molecule has 1 aliphatic carbocycles. The second-order valence-electron chi connectivity index (χ2n) is 15.3. The van der Waals surface area contributed by atoms with E-state index >= 15 is 0 Å². The van der Waals surface area contributed by atoms with Gasteiger partial charge in [-0.2, -0.15) is 0 Å². The first-order chi connectivity index (χ1) is 23.5. The average Bonchev–Trinajstić information content (AvgIpc) is 3.08. The van der Waals surface area contributed by atoms with Crippen LogP contribution in [-0.2, 0) is 9.59 Å². The van der Waals surface area contributed by atoms with E-state index in [1.54, 1.807) is 0 Å². The fraction of sp³-hybridized carbons (Fsp3) is 0.952. The minimum absolute atomic E-state index is 0.114. The van der Waals surface area contributed by atoms with E-state index in [1.807, 2.05) is 0 Å². The Bertz CT molecular complexity index is 704. The van der Waals surface area contributed by atoms with Gasteiger partial charge in [0.2, 0.25) is 5.91 Å². The molecule has 0 aromatic heterocycles. The SMILES string of the molecule is CCCCCCCCCCN(CCCCCCCCCC)C(=O)CCCCCCCN(CCCCCCCC(=O)O)C1CCC(O)CC1. The molecule has 0 aliphatic heterocycles. The molecule has 1 saturated carbocycles. The normalized spacial score (nSPS) is 16.5. The molecule has 0 spiro atoms. The molecule has 0 atom stereocenters. The molecule has 0 aromatic rings. The van der Waals surface area contributed by atoms with Gasteiger partial charge in [-0.3, -0.25) is 9.59 Å². The van der Waals surface area contributed by atoms with E-state index in [2.05, 4.69) is 23.6 Å². The number of amides is 1. The van der Waals surface area contributed by atoms with Crippen molar-refractivity contribution in [3.8, 4) is 0 Å². The minimum Gasteiger partial charge on any atom is -0.481 e. The highest BCUT2D eigenvalue weighted by Crippen LogP contribution is 2.24. The van der Waals surface area contributed by atoms with E-state index in [-0.39, 0.29) is 6.10 Å². The van der Waals surface area contributed by atoms with Gasteiger partial charge in [0.25, 0.3) is 0 Å². The molecule has 1 aliphatic rings. The van der Waals surface area contributed by atoms with Crippen molar-refractivity contribution in [1.29, 1.82) is 0 Å². The fourth-order valence-corrected chi connectivity index (χ4v) is 7.54. The molecule has 0 radical (unpaired) electrons. The Hall–Kier alpha value is -1.14. The first kappa shape index (κ1) is 44.9. The summed E-state index contributed by atoms with van der Waals surface area (Å²) in [7, 11) is 0. The van der Waals surface area contributed by atoms with Gasteiger partial charge in [0.05, 0.1) is 6.10 Å². The number of hydrogen-bond donors (Lipinski definition) is 2. The molecule has 48 heavy (non-hydrogen) atoms. The third-order valence-electron chi connectivity index (χ3n) is 10.8. The third-order valence-corrected chi connectivity index (χ3v) is 10.8. The number of carboxylic acid groups (broad SMARTS) is 1. The molecule has 6 nitrogen and oxygen atoms in total. The highest BCUT2D eigenvalue weighted by molar-refractivity contribution is 5.76.